The number of anilines is 1. The number of carbonyl (C=O) groups is 2. The molecule has 5 heterocycles. The number of benzene rings is 3. The molecule has 0 radical (unpaired) electrons. The molecule has 5 aromatic rings. The molecule has 3 saturated heterocycles. The maximum Gasteiger partial charge on any atom is 0.319 e. The molecule has 12 heteroatoms. The van der Waals surface area contributed by atoms with Crippen LogP contribution in [-0.4, -0.2) is 89.5 Å². The Morgan fingerprint density at radius 3 is 2.63 bits per heavy atom. The van der Waals surface area contributed by atoms with Gasteiger partial charge in [-0.05, 0) is 43.8 Å². The van der Waals surface area contributed by atoms with Crippen LogP contribution in [0.4, 0.5) is 10.2 Å². The molecule has 250 valence electrons. The summed E-state index contributed by atoms with van der Waals surface area (Å²) in [6, 6.07) is 18.5. The second-order valence-corrected chi connectivity index (χ2v) is 13.6. The summed E-state index contributed by atoms with van der Waals surface area (Å²) in [6.45, 7) is 2.33. The summed E-state index contributed by atoms with van der Waals surface area (Å²) in [7, 11) is 1.97. The number of hydrogen-bond donors (Lipinski definition) is 2. The second-order valence-electron chi connectivity index (χ2n) is 13.2. The van der Waals surface area contributed by atoms with E-state index in [0.717, 1.165) is 36.7 Å². The van der Waals surface area contributed by atoms with Crippen LogP contribution in [0.5, 0.6) is 6.01 Å². The lowest BCUT2D eigenvalue weighted by Crippen LogP contribution is -2.51. The van der Waals surface area contributed by atoms with Gasteiger partial charge in [-0.2, -0.15) is 9.97 Å². The number of aldehydes is 1. The van der Waals surface area contributed by atoms with E-state index in [1.54, 1.807) is 36.5 Å². The van der Waals surface area contributed by atoms with Gasteiger partial charge in [0.2, 0.25) is 0 Å². The Bertz CT molecular complexity index is 2080. The van der Waals surface area contributed by atoms with Gasteiger partial charge in [0.15, 0.2) is 12.1 Å². The molecule has 2 N–H and O–H groups in total. The number of aromatic nitrogens is 3. The van der Waals surface area contributed by atoms with Gasteiger partial charge in [0.05, 0.1) is 5.39 Å². The number of nitrogens with one attached hydrogen (secondary N) is 2. The molecule has 3 aliphatic heterocycles. The summed E-state index contributed by atoms with van der Waals surface area (Å²) >= 11 is 6.62. The van der Waals surface area contributed by atoms with E-state index in [1.807, 2.05) is 37.4 Å². The molecule has 3 aromatic carbocycles. The highest BCUT2D eigenvalue weighted by atomic mass is 35.5. The molecule has 2 bridgehead atoms. The number of nitrogens with zero attached hydrogens (tertiary/aromatic N) is 5. The Hall–Kier alpha value is -4.71. The predicted octanol–water partition coefficient (Wildman–Crippen LogP) is 5.27. The van der Waals surface area contributed by atoms with Crippen molar-refractivity contribution in [1.82, 2.24) is 30.5 Å². The minimum absolute atomic E-state index is 0.0555. The topological polar surface area (TPSA) is 113 Å². The van der Waals surface area contributed by atoms with Crippen LogP contribution in [0.25, 0.3) is 32.9 Å². The summed E-state index contributed by atoms with van der Waals surface area (Å²) in [6.07, 6.45) is 5.14. The number of hydrogen-bond acceptors (Lipinski definition) is 9. The third-order valence-electron chi connectivity index (χ3n) is 10.0. The van der Waals surface area contributed by atoms with Crippen LogP contribution in [0.15, 0.2) is 66.9 Å². The van der Waals surface area contributed by atoms with Gasteiger partial charge in [-0.15, -0.1) is 0 Å². The quantitative estimate of drug-likeness (QED) is 0.212. The van der Waals surface area contributed by atoms with E-state index in [4.69, 9.17) is 21.3 Å². The highest BCUT2D eigenvalue weighted by Gasteiger charge is 2.35. The first-order valence-electron chi connectivity index (χ1n) is 16.6. The third-order valence-corrected chi connectivity index (χ3v) is 10.3. The van der Waals surface area contributed by atoms with E-state index >= 15 is 4.39 Å². The van der Waals surface area contributed by atoms with E-state index in [-0.39, 0.29) is 41.8 Å². The Labute approximate surface area is 287 Å². The summed E-state index contributed by atoms with van der Waals surface area (Å²) < 4.78 is 23.0. The lowest BCUT2D eigenvalue weighted by molar-refractivity contribution is 0.0933. The molecule has 0 saturated carbocycles. The van der Waals surface area contributed by atoms with E-state index in [0.29, 0.717) is 64.3 Å². The summed E-state index contributed by atoms with van der Waals surface area (Å²) in [4.78, 5) is 42.9. The number of ether oxygens (including phenoxy) is 1. The van der Waals surface area contributed by atoms with Crippen LogP contribution in [0.3, 0.4) is 0 Å². The fourth-order valence-corrected chi connectivity index (χ4v) is 7.88. The average molecular weight is 680 g/mol. The van der Waals surface area contributed by atoms with Crippen molar-refractivity contribution in [3.63, 3.8) is 0 Å². The number of likely N-dealkylation sites (tertiary alicyclic amines) is 1. The maximum absolute atomic E-state index is 16.7. The minimum Gasteiger partial charge on any atom is -0.462 e. The van der Waals surface area contributed by atoms with Gasteiger partial charge in [0.1, 0.15) is 23.6 Å². The molecule has 2 aromatic heterocycles. The summed E-state index contributed by atoms with van der Waals surface area (Å²) in [5.41, 5.74) is 1.58. The minimum atomic E-state index is -0.562. The van der Waals surface area contributed by atoms with Gasteiger partial charge < -0.3 is 20.3 Å². The van der Waals surface area contributed by atoms with Crippen LogP contribution >= 0.6 is 11.6 Å². The molecular weight excluding hydrogens is 645 g/mol. The number of piperazine rings is 1. The Kier molecular flexibility index (Phi) is 8.35. The fourth-order valence-electron chi connectivity index (χ4n) is 7.60. The number of pyridine rings is 1. The Balaban J connectivity index is 1.10. The normalized spacial score (nSPS) is 22.1. The van der Waals surface area contributed by atoms with E-state index < -0.39 is 5.82 Å². The van der Waals surface area contributed by atoms with E-state index in [9.17, 15) is 9.59 Å². The van der Waals surface area contributed by atoms with Crippen molar-refractivity contribution >= 4 is 51.3 Å². The smallest absolute Gasteiger partial charge is 0.319 e. The monoisotopic (exact) mass is 679 g/mol. The molecule has 4 atom stereocenters. The van der Waals surface area contributed by atoms with Crippen molar-refractivity contribution in [2.75, 3.05) is 38.2 Å². The van der Waals surface area contributed by atoms with Crippen molar-refractivity contribution in [2.45, 2.75) is 43.4 Å². The number of carbonyl (C=O) groups excluding carboxylic acids is 2. The number of fused-ring (bicyclic) bond motifs is 4. The van der Waals surface area contributed by atoms with Gasteiger partial charge in [-0.25, -0.2) is 4.39 Å². The molecule has 3 aliphatic rings. The zero-order chi connectivity index (χ0) is 33.6. The number of halogens is 2. The van der Waals surface area contributed by atoms with E-state index in [1.165, 1.54) is 0 Å². The number of likely N-dealkylation sites (N-methyl/N-ethyl adjacent to an activating group) is 1. The first-order chi connectivity index (χ1) is 23.9. The molecule has 3 fully saturated rings. The molecule has 0 aliphatic carbocycles. The van der Waals surface area contributed by atoms with Crippen LogP contribution in [-0.2, 0) is 0 Å². The van der Waals surface area contributed by atoms with Crippen LogP contribution in [0.2, 0.25) is 5.02 Å². The van der Waals surface area contributed by atoms with Crippen molar-refractivity contribution in [2.24, 2.45) is 0 Å². The van der Waals surface area contributed by atoms with Crippen LogP contribution < -0.4 is 20.3 Å². The van der Waals surface area contributed by atoms with Crippen LogP contribution in [0.1, 0.15) is 40.0 Å². The molecular formula is C37H35ClFN7O3. The van der Waals surface area contributed by atoms with Gasteiger partial charge in [0.25, 0.3) is 5.91 Å². The van der Waals surface area contributed by atoms with Crippen molar-refractivity contribution < 1.29 is 18.7 Å². The van der Waals surface area contributed by atoms with Crippen molar-refractivity contribution in [1.29, 1.82) is 0 Å². The summed E-state index contributed by atoms with van der Waals surface area (Å²) in [5.74, 6) is -0.249. The molecule has 10 nitrogen and oxygen atoms in total. The van der Waals surface area contributed by atoms with E-state index in [2.05, 4.69) is 30.4 Å². The predicted molar refractivity (Wildman–Crippen MR) is 187 cm³/mol. The molecule has 2 unspecified atom stereocenters. The lowest BCUT2D eigenvalue weighted by Gasteiger charge is -2.34. The van der Waals surface area contributed by atoms with Gasteiger partial charge in [-0.3, -0.25) is 19.5 Å². The molecule has 8 rings (SSSR count). The van der Waals surface area contributed by atoms with Gasteiger partial charge >= 0.3 is 6.01 Å². The lowest BCUT2D eigenvalue weighted by atomic mass is 10.0. The third kappa shape index (κ3) is 5.96. The average Bonchev–Trinajstić information content (AvgIpc) is 3.65. The first-order valence-corrected chi connectivity index (χ1v) is 17.0. The van der Waals surface area contributed by atoms with Crippen LogP contribution in [0, 0.1) is 5.82 Å². The highest BCUT2D eigenvalue weighted by molar-refractivity contribution is 6.36. The second kappa shape index (κ2) is 13.0. The zero-order valence-electron chi connectivity index (χ0n) is 26.9. The van der Waals surface area contributed by atoms with Gasteiger partial charge in [-0.1, -0.05) is 60.1 Å². The molecule has 1 amide bonds. The summed E-state index contributed by atoms with van der Waals surface area (Å²) in [5, 5.41) is 9.36. The Morgan fingerprint density at radius 1 is 1.06 bits per heavy atom. The maximum atomic E-state index is 16.7. The largest absolute Gasteiger partial charge is 0.462 e. The van der Waals surface area contributed by atoms with Gasteiger partial charge in [0, 0.05) is 77.1 Å². The van der Waals surface area contributed by atoms with Crippen molar-refractivity contribution in [3.05, 3.63) is 88.8 Å². The number of amides is 1. The standard InChI is InChI=1S/C37H35ClFN7O3/c1-45-16-25(42-36(48)27-9-3-2-6-22(27)19-47)14-26(45)20-49-37-43-34-29(35(44-37)46-17-23-12-13-24(18-46)41-23)15-40-33(32(34)39)28-10-4-7-21-8-5-11-30(38)31(21)28/h2-11,15,19,23-26,41H,12-14,16-18,20H2,1H3,(H,42,48)/t23?,24?,25-,26+/m1/s1. The first kappa shape index (κ1) is 31.6. The zero-order valence-corrected chi connectivity index (χ0v) is 27.7. The SMILES string of the molecule is CN1C[C@H](NC(=O)c2ccccc2C=O)C[C@H]1COc1nc(N2CC3CCC(C2)N3)c2cnc(-c3cccc4cccc(Cl)c34)c(F)c2n1. The Morgan fingerprint density at radius 2 is 1.84 bits per heavy atom. The molecule has 49 heavy (non-hydrogen) atoms. The molecule has 0 spiro atoms. The van der Waals surface area contributed by atoms with Crippen molar-refractivity contribution in [3.8, 4) is 17.3 Å². The highest BCUT2D eigenvalue weighted by Crippen LogP contribution is 2.38. The fraction of sp³-hybridized carbons (Fsp3) is 0.324. The number of rotatable bonds is 8.